The first-order chi connectivity index (χ1) is 9.66. The van der Waals surface area contributed by atoms with Crippen molar-refractivity contribution < 1.29 is 0 Å². The van der Waals surface area contributed by atoms with Crippen LogP contribution in [0.3, 0.4) is 0 Å². The molecule has 2 rings (SSSR count). The predicted octanol–water partition coefficient (Wildman–Crippen LogP) is 2.91. The summed E-state index contributed by atoms with van der Waals surface area (Å²) in [6.45, 7) is 3.84. The van der Waals surface area contributed by atoms with Gasteiger partial charge in [0.05, 0.1) is 0 Å². The Hall–Kier alpha value is -2.23. The van der Waals surface area contributed by atoms with Crippen molar-refractivity contribution in [2.24, 2.45) is 0 Å². The highest BCUT2D eigenvalue weighted by Gasteiger charge is 2.00. The Balaban J connectivity index is 1.75. The molecule has 0 amide bonds. The molecular formula is C16H22N4. The lowest BCUT2D eigenvalue weighted by Gasteiger charge is -2.19. The summed E-state index contributed by atoms with van der Waals surface area (Å²) >= 11 is 0. The fraction of sp³-hybridized carbons (Fsp3) is 0.312. The van der Waals surface area contributed by atoms with Crippen molar-refractivity contribution in [3.8, 4) is 0 Å². The van der Waals surface area contributed by atoms with Crippen molar-refractivity contribution in [2.75, 3.05) is 36.1 Å². The SMILES string of the molecule is Cc1cnc(NCCCN(C)c2ccccc2)cc1N. The third kappa shape index (κ3) is 3.88. The van der Waals surface area contributed by atoms with Gasteiger partial charge in [-0.15, -0.1) is 0 Å². The lowest BCUT2D eigenvalue weighted by Crippen LogP contribution is -2.20. The van der Waals surface area contributed by atoms with E-state index in [4.69, 9.17) is 5.73 Å². The van der Waals surface area contributed by atoms with Gasteiger partial charge in [-0.25, -0.2) is 4.98 Å². The maximum Gasteiger partial charge on any atom is 0.127 e. The van der Waals surface area contributed by atoms with Crippen molar-refractivity contribution >= 4 is 17.2 Å². The summed E-state index contributed by atoms with van der Waals surface area (Å²) in [4.78, 5) is 6.56. The molecule has 4 nitrogen and oxygen atoms in total. The number of aromatic nitrogens is 1. The Labute approximate surface area is 120 Å². The molecule has 0 radical (unpaired) electrons. The minimum absolute atomic E-state index is 0.781. The second kappa shape index (κ2) is 6.80. The second-order valence-electron chi connectivity index (χ2n) is 4.96. The Bertz CT molecular complexity index is 539. The van der Waals surface area contributed by atoms with Crippen LogP contribution in [0.2, 0.25) is 0 Å². The minimum atomic E-state index is 0.781. The van der Waals surface area contributed by atoms with E-state index in [1.165, 1.54) is 5.69 Å². The van der Waals surface area contributed by atoms with Crippen molar-refractivity contribution in [3.63, 3.8) is 0 Å². The zero-order chi connectivity index (χ0) is 14.4. The number of nitrogens with two attached hydrogens (primary N) is 1. The summed E-state index contributed by atoms with van der Waals surface area (Å²) in [6.07, 6.45) is 2.84. The third-order valence-electron chi connectivity index (χ3n) is 3.32. The molecule has 0 bridgehead atoms. The first-order valence-corrected chi connectivity index (χ1v) is 6.89. The summed E-state index contributed by atoms with van der Waals surface area (Å²) in [5.41, 5.74) is 8.90. The standard InChI is InChI=1S/C16H22N4/c1-13-12-19-16(11-15(13)17)18-9-6-10-20(2)14-7-4-3-5-8-14/h3-5,7-8,11-12H,6,9-10H2,1-2H3,(H3,17,18,19). The number of benzene rings is 1. The number of hydrogen-bond acceptors (Lipinski definition) is 4. The zero-order valence-electron chi connectivity index (χ0n) is 12.1. The smallest absolute Gasteiger partial charge is 0.127 e. The third-order valence-corrected chi connectivity index (χ3v) is 3.32. The van der Waals surface area contributed by atoms with Gasteiger partial charge in [-0.05, 0) is 31.0 Å². The molecule has 1 aromatic carbocycles. The average molecular weight is 270 g/mol. The molecule has 106 valence electrons. The summed E-state index contributed by atoms with van der Waals surface area (Å²) in [5, 5.41) is 3.30. The first kappa shape index (κ1) is 14.2. The van der Waals surface area contributed by atoms with Crippen LogP contribution in [0.5, 0.6) is 0 Å². The van der Waals surface area contributed by atoms with Crippen molar-refractivity contribution in [2.45, 2.75) is 13.3 Å². The first-order valence-electron chi connectivity index (χ1n) is 6.89. The molecule has 0 aliphatic carbocycles. The van der Waals surface area contributed by atoms with Gasteiger partial charge in [0.25, 0.3) is 0 Å². The maximum absolute atomic E-state index is 5.86. The molecule has 2 aromatic rings. The molecule has 0 aliphatic rings. The van der Waals surface area contributed by atoms with E-state index in [0.29, 0.717) is 0 Å². The largest absolute Gasteiger partial charge is 0.398 e. The molecule has 0 unspecified atom stereocenters. The van der Waals surface area contributed by atoms with Crippen LogP contribution >= 0.6 is 0 Å². The average Bonchev–Trinajstić information content (AvgIpc) is 2.48. The Kier molecular flexibility index (Phi) is 4.82. The van der Waals surface area contributed by atoms with Gasteiger partial charge in [-0.1, -0.05) is 18.2 Å². The Morgan fingerprint density at radius 3 is 2.70 bits per heavy atom. The molecule has 1 heterocycles. The number of rotatable bonds is 6. The lowest BCUT2D eigenvalue weighted by molar-refractivity contribution is 0.814. The van der Waals surface area contributed by atoms with E-state index in [0.717, 1.165) is 36.6 Å². The molecule has 0 fully saturated rings. The van der Waals surface area contributed by atoms with Gasteiger partial charge in [0, 0.05) is 43.8 Å². The summed E-state index contributed by atoms with van der Waals surface area (Å²) in [6, 6.07) is 12.3. The number of hydrogen-bond donors (Lipinski definition) is 2. The molecule has 0 spiro atoms. The van der Waals surface area contributed by atoms with Gasteiger partial charge in [-0.2, -0.15) is 0 Å². The van der Waals surface area contributed by atoms with Crippen molar-refractivity contribution in [1.29, 1.82) is 0 Å². The summed E-state index contributed by atoms with van der Waals surface area (Å²) in [7, 11) is 2.11. The quantitative estimate of drug-likeness (QED) is 0.792. The number of anilines is 3. The van der Waals surface area contributed by atoms with Gasteiger partial charge in [0.15, 0.2) is 0 Å². The van der Waals surface area contributed by atoms with Crippen LogP contribution in [0, 0.1) is 6.92 Å². The Morgan fingerprint density at radius 2 is 2.00 bits per heavy atom. The van der Waals surface area contributed by atoms with Crippen LogP contribution in [-0.4, -0.2) is 25.1 Å². The highest BCUT2D eigenvalue weighted by atomic mass is 15.1. The van der Waals surface area contributed by atoms with Crippen LogP contribution in [-0.2, 0) is 0 Å². The molecule has 0 atom stereocenters. The van der Waals surface area contributed by atoms with Crippen molar-refractivity contribution in [3.05, 3.63) is 48.2 Å². The number of pyridine rings is 1. The summed E-state index contributed by atoms with van der Waals surface area (Å²) < 4.78 is 0. The number of nitrogens with zero attached hydrogens (tertiary/aromatic N) is 2. The number of aryl methyl sites for hydroxylation is 1. The van der Waals surface area contributed by atoms with E-state index in [2.05, 4.69) is 46.5 Å². The molecule has 0 saturated heterocycles. The predicted molar refractivity (Wildman–Crippen MR) is 86.2 cm³/mol. The molecule has 4 heteroatoms. The van der Waals surface area contributed by atoms with Crippen LogP contribution in [0.4, 0.5) is 17.2 Å². The van der Waals surface area contributed by atoms with Crippen LogP contribution < -0.4 is 16.0 Å². The van der Waals surface area contributed by atoms with E-state index in [9.17, 15) is 0 Å². The monoisotopic (exact) mass is 270 g/mol. The maximum atomic E-state index is 5.86. The van der Waals surface area contributed by atoms with Crippen LogP contribution in [0.25, 0.3) is 0 Å². The number of nitrogens with one attached hydrogen (secondary N) is 1. The molecule has 3 N–H and O–H groups in total. The van der Waals surface area contributed by atoms with Crippen molar-refractivity contribution in [1.82, 2.24) is 4.98 Å². The van der Waals surface area contributed by atoms with E-state index in [1.54, 1.807) is 6.20 Å². The van der Waals surface area contributed by atoms with Gasteiger partial charge >= 0.3 is 0 Å². The number of para-hydroxylation sites is 1. The van der Waals surface area contributed by atoms with E-state index < -0.39 is 0 Å². The fourth-order valence-electron chi connectivity index (χ4n) is 1.98. The van der Waals surface area contributed by atoms with Gasteiger partial charge in [-0.3, -0.25) is 0 Å². The second-order valence-corrected chi connectivity index (χ2v) is 4.96. The zero-order valence-corrected chi connectivity index (χ0v) is 12.1. The highest BCUT2D eigenvalue weighted by Crippen LogP contribution is 2.14. The van der Waals surface area contributed by atoms with Crippen LogP contribution in [0.15, 0.2) is 42.6 Å². The minimum Gasteiger partial charge on any atom is -0.398 e. The molecule has 0 saturated carbocycles. The van der Waals surface area contributed by atoms with E-state index in [-0.39, 0.29) is 0 Å². The molecule has 1 aromatic heterocycles. The summed E-state index contributed by atoms with van der Waals surface area (Å²) in [5.74, 6) is 0.843. The molecule has 0 aliphatic heterocycles. The van der Waals surface area contributed by atoms with Gasteiger partial charge in [0.2, 0.25) is 0 Å². The van der Waals surface area contributed by atoms with Gasteiger partial charge < -0.3 is 16.0 Å². The lowest BCUT2D eigenvalue weighted by atomic mass is 10.2. The topological polar surface area (TPSA) is 54.2 Å². The molecule has 20 heavy (non-hydrogen) atoms. The molecular weight excluding hydrogens is 248 g/mol. The highest BCUT2D eigenvalue weighted by molar-refractivity contribution is 5.53. The normalized spacial score (nSPS) is 10.3. The Morgan fingerprint density at radius 1 is 1.25 bits per heavy atom. The fourth-order valence-corrected chi connectivity index (χ4v) is 1.98. The van der Waals surface area contributed by atoms with E-state index in [1.807, 2.05) is 19.1 Å². The number of nitrogen functional groups attached to an aromatic ring is 1. The van der Waals surface area contributed by atoms with Crippen LogP contribution in [0.1, 0.15) is 12.0 Å². The van der Waals surface area contributed by atoms with Gasteiger partial charge in [0.1, 0.15) is 5.82 Å². The van der Waals surface area contributed by atoms with E-state index >= 15 is 0 Å².